The molecule has 0 bridgehead atoms. The highest BCUT2D eigenvalue weighted by Gasteiger charge is 2.34. The molecule has 2 atom stereocenters. The van der Waals surface area contributed by atoms with Gasteiger partial charge in [0.2, 0.25) is 0 Å². The summed E-state index contributed by atoms with van der Waals surface area (Å²) in [5, 5.41) is 3.57. The molecule has 2 aliphatic rings. The molecule has 1 aromatic rings. The van der Waals surface area contributed by atoms with Crippen molar-refractivity contribution in [3.63, 3.8) is 0 Å². The van der Waals surface area contributed by atoms with E-state index >= 15 is 0 Å². The normalized spacial score (nSPS) is 29.8. The van der Waals surface area contributed by atoms with Gasteiger partial charge in [0, 0.05) is 6.04 Å². The van der Waals surface area contributed by atoms with Crippen LogP contribution in [0.2, 0.25) is 0 Å². The molecule has 2 aliphatic heterocycles. The van der Waals surface area contributed by atoms with Gasteiger partial charge in [-0.3, -0.25) is 0 Å². The first kappa shape index (κ1) is 13.1. The van der Waals surface area contributed by atoms with Gasteiger partial charge < -0.3 is 14.8 Å². The maximum absolute atomic E-state index is 6.00. The Labute approximate surface area is 115 Å². The van der Waals surface area contributed by atoms with Gasteiger partial charge >= 0.3 is 0 Å². The fraction of sp³-hybridized carbons (Fsp3) is 0.625. The Balaban J connectivity index is 1.77. The Bertz CT molecular complexity index is 438. The van der Waals surface area contributed by atoms with E-state index in [0.29, 0.717) is 12.6 Å². The fourth-order valence-corrected chi connectivity index (χ4v) is 3.07. The van der Waals surface area contributed by atoms with Crippen molar-refractivity contribution in [1.29, 1.82) is 0 Å². The standard InChI is InChI=1S/C16H23NO2/c1-16(2)18-11-15(19-16)14-8-4-3-6-12(14)10-13-7-5-9-17-13/h3-4,6,8,13,15,17H,5,7,9-11H2,1-2H3. The van der Waals surface area contributed by atoms with Crippen LogP contribution in [-0.2, 0) is 15.9 Å². The summed E-state index contributed by atoms with van der Waals surface area (Å²) < 4.78 is 11.7. The average Bonchev–Trinajstić information content (AvgIpc) is 2.99. The van der Waals surface area contributed by atoms with Crippen LogP contribution < -0.4 is 5.32 Å². The van der Waals surface area contributed by atoms with Crippen molar-refractivity contribution >= 4 is 0 Å². The summed E-state index contributed by atoms with van der Waals surface area (Å²) in [5.41, 5.74) is 2.69. The summed E-state index contributed by atoms with van der Waals surface area (Å²) in [5.74, 6) is -0.455. The van der Waals surface area contributed by atoms with E-state index in [1.807, 2.05) is 13.8 Å². The van der Waals surface area contributed by atoms with Gasteiger partial charge in [0.15, 0.2) is 5.79 Å². The molecule has 1 aromatic carbocycles. The van der Waals surface area contributed by atoms with Crippen LogP contribution in [0, 0.1) is 0 Å². The molecular formula is C16H23NO2. The molecule has 2 fully saturated rings. The van der Waals surface area contributed by atoms with Crippen LogP contribution in [0.15, 0.2) is 24.3 Å². The SMILES string of the molecule is CC1(C)OCC(c2ccccc2CC2CCCN2)O1. The van der Waals surface area contributed by atoms with Crippen molar-refractivity contribution in [1.82, 2.24) is 5.32 Å². The van der Waals surface area contributed by atoms with Gasteiger partial charge in [0.05, 0.1) is 6.61 Å². The smallest absolute Gasteiger partial charge is 0.163 e. The van der Waals surface area contributed by atoms with E-state index in [4.69, 9.17) is 9.47 Å². The van der Waals surface area contributed by atoms with Crippen molar-refractivity contribution in [2.24, 2.45) is 0 Å². The van der Waals surface area contributed by atoms with E-state index in [1.54, 1.807) is 0 Å². The molecule has 0 saturated carbocycles. The summed E-state index contributed by atoms with van der Waals surface area (Å²) in [6.45, 7) is 5.77. The van der Waals surface area contributed by atoms with Gasteiger partial charge in [-0.1, -0.05) is 24.3 Å². The lowest BCUT2D eigenvalue weighted by Crippen LogP contribution is -2.24. The zero-order valence-electron chi connectivity index (χ0n) is 11.8. The van der Waals surface area contributed by atoms with Crippen LogP contribution in [0.25, 0.3) is 0 Å². The molecule has 1 N–H and O–H groups in total. The minimum atomic E-state index is -0.455. The number of rotatable bonds is 3. The zero-order valence-corrected chi connectivity index (χ0v) is 11.8. The van der Waals surface area contributed by atoms with Crippen molar-refractivity contribution in [2.75, 3.05) is 13.2 Å². The monoisotopic (exact) mass is 261 g/mol. The maximum Gasteiger partial charge on any atom is 0.163 e. The van der Waals surface area contributed by atoms with Crippen LogP contribution in [0.1, 0.15) is 43.9 Å². The largest absolute Gasteiger partial charge is 0.347 e. The predicted molar refractivity (Wildman–Crippen MR) is 75.0 cm³/mol. The molecular weight excluding hydrogens is 238 g/mol. The second-order valence-electron chi connectivity index (χ2n) is 6.01. The van der Waals surface area contributed by atoms with E-state index in [1.165, 1.54) is 24.0 Å². The highest BCUT2D eigenvalue weighted by Crippen LogP contribution is 2.34. The van der Waals surface area contributed by atoms with E-state index in [0.717, 1.165) is 13.0 Å². The van der Waals surface area contributed by atoms with Crippen molar-refractivity contribution in [3.05, 3.63) is 35.4 Å². The van der Waals surface area contributed by atoms with Crippen molar-refractivity contribution in [3.8, 4) is 0 Å². The molecule has 19 heavy (non-hydrogen) atoms. The third-order valence-electron chi connectivity index (χ3n) is 4.04. The van der Waals surface area contributed by atoms with Gasteiger partial charge in [0.1, 0.15) is 6.10 Å². The van der Waals surface area contributed by atoms with Gasteiger partial charge in [-0.15, -0.1) is 0 Å². The van der Waals surface area contributed by atoms with Gasteiger partial charge in [-0.2, -0.15) is 0 Å². The molecule has 2 heterocycles. The first-order valence-corrected chi connectivity index (χ1v) is 7.27. The van der Waals surface area contributed by atoms with Crippen LogP contribution >= 0.6 is 0 Å². The van der Waals surface area contributed by atoms with E-state index in [2.05, 4.69) is 29.6 Å². The van der Waals surface area contributed by atoms with E-state index in [-0.39, 0.29) is 6.10 Å². The molecule has 2 unspecified atom stereocenters. The van der Waals surface area contributed by atoms with Crippen LogP contribution in [0.4, 0.5) is 0 Å². The Morgan fingerprint density at radius 2 is 2.16 bits per heavy atom. The Morgan fingerprint density at radius 1 is 1.32 bits per heavy atom. The molecule has 0 radical (unpaired) electrons. The van der Waals surface area contributed by atoms with Crippen molar-refractivity contribution < 1.29 is 9.47 Å². The zero-order chi connectivity index (χ0) is 13.3. The minimum absolute atomic E-state index is 0.0765. The molecule has 3 rings (SSSR count). The van der Waals surface area contributed by atoms with Crippen LogP contribution in [-0.4, -0.2) is 25.0 Å². The van der Waals surface area contributed by atoms with Crippen molar-refractivity contribution in [2.45, 2.75) is 51.0 Å². The minimum Gasteiger partial charge on any atom is -0.347 e. The molecule has 0 amide bonds. The third kappa shape index (κ3) is 2.99. The second kappa shape index (κ2) is 5.23. The van der Waals surface area contributed by atoms with Gasteiger partial charge in [-0.25, -0.2) is 0 Å². The molecule has 0 aliphatic carbocycles. The summed E-state index contributed by atoms with van der Waals surface area (Å²) >= 11 is 0. The lowest BCUT2D eigenvalue weighted by Gasteiger charge is -2.20. The Hall–Kier alpha value is -0.900. The lowest BCUT2D eigenvalue weighted by atomic mass is 9.96. The number of nitrogens with one attached hydrogen (secondary N) is 1. The molecule has 0 aromatic heterocycles. The fourth-order valence-electron chi connectivity index (χ4n) is 3.07. The molecule has 2 saturated heterocycles. The lowest BCUT2D eigenvalue weighted by molar-refractivity contribution is -0.139. The number of ether oxygens (including phenoxy) is 2. The maximum atomic E-state index is 6.00. The molecule has 3 nitrogen and oxygen atoms in total. The summed E-state index contributed by atoms with van der Waals surface area (Å²) in [6.07, 6.45) is 3.74. The first-order valence-electron chi connectivity index (χ1n) is 7.27. The third-order valence-corrected chi connectivity index (χ3v) is 4.04. The second-order valence-corrected chi connectivity index (χ2v) is 6.01. The summed E-state index contributed by atoms with van der Waals surface area (Å²) in [4.78, 5) is 0. The quantitative estimate of drug-likeness (QED) is 0.907. The van der Waals surface area contributed by atoms with E-state index < -0.39 is 5.79 Å². The summed E-state index contributed by atoms with van der Waals surface area (Å²) in [7, 11) is 0. The van der Waals surface area contributed by atoms with Gasteiger partial charge in [-0.05, 0) is 50.8 Å². The molecule has 0 spiro atoms. The highest BCUT2D eigenvalue weighted by atomic mass is 16.7. The first-order chi connectivity index (χ1) is 9.14. The van der Waals surface area contributed by atoms with E-state index in [9.17, 15) is 0 Å². The predicted octanol–water partition coefficient (Wildman–Crippen LogP) is 2.81. The van der Waals surface area contributed by atoms with Gasteiger partial charge in [0.25, 0.3) is 0 Å². The number of benzene rings is 1. The average molecular weight is 261 g/mol. The molecule has 3 heteroatoms. The Morgan fingerprint density at radius 3 is 2.84 bits per heavy atom. The number of hydrogen-bond acceptors (Lipinski definition) is 3. The molecule has 104 valence electrons. The summed E-state index contributed by atoms with van der Waals surface area (Å²) in [6, 6.07) is 9.24. The van der Waals surface area contributed by atoms with Crippen LogP contribution in [0.5, 0.6) is 0 Å². The van der Waals surface area contributed by atoms with Crippen LogP contribution in [0.3, 0.4) is 0 Å². The highest BCUT2D eigenvalue weighted by molar-refractivity contribution is 5.30. The Kier molecular flexibility index (Phi) is 3.61. The topological polar surface area (TPSA) is 30.5 Å². The number of hydrogen-bond donors (Lipinski definition) is 1.